The molecule has 3 amide bonds. The molecule has 1 atom stereocenters. The smallest absolute Gasteiger partial charge is 0.325 e. The van der Waals surface area contributed by atoms with Gasteiger partial charge in [-0.15, -0.1) is 0 Å². The largest absolute Gasteiger partial charge is 0.486 e. The van der Waals surface area contributed by atoms with Crippen LogP contribution in [0.4, 0.5) is 4.79 Å². The first-order chi connectivity index (χ1) is 12.5. The zero-order valence-corrected chi connectivity index (χ0v) is 14.9. The van der Waals surface area contributed by atoms with E-state index in [4.69, 9.17) is 21.1 Å². The Balaban J connectivity index is 1.62. The molecule has 1 unspecified atom stereocenters. The number of carbonyl (C=O) groups is 2. The molecular formula is C19H17ClN2O4. The number of nitrogens with one attached hydrogen (secondary N) is 1. The number of fused-ring (bicyclic) bond motifs is 1. The minimum Gasteiger partial charge on any atom is -0.486 e. The van der Waals surface area contributed by atoms with E-state index in [9.17, 15) is 9.59 Å². The van der Waals surface area contributed by atoms with Gasteiger partial charge in [-0.1, -0.05) is 29.8 Å². The average Bonchev–Trinajstić information content (AvgIpc) is 2.87. The van der Waals surface area contributed by atoms with Gasteiger partial charge in [0.1, 0.15) is 18.8 Å². The van der Waals surface area contributed by atoms with Crippen molar-refractivity contribution in [3.05, 3.63) is 58.6 Å². The monoisotopic (exact) mass is 372 g/mol. The Bertz CT molecular complexity index is 884. The molecule has 0 spiro atoms. The summed E-state index contributed by atoms with van der Waals surface area (Å²) in [5.74, 6) is 0.903. The van der Waals surface area contributed by atoms with E-state index < -0.39 is 11.6 Å². The molecule has 2 aromatic carbocycles. The lowest BCUT2D eigenvalue weighted by atomic mass is 9.91. The number of hydrogen-bond acceptors (Lipinski definition) is 4. The predicted molar refractivity (Wildman–Crippen MR) is 95.3 cm³/mol. The van der Waals surface area contributed by atoms with Gasteiger partial charge in [-0.3, -0.25) is 9.69 Å². The number of hydrogen-bond donors (Lipinski definition) is 1. The summed E-state index contributed by atoms with van der Waals surface area (Å²) in [6, 6.07) is 11.9. The molecule has 134 valence electrons. The molecular weight excluding hydrogens is 356 g/mol. The van der Waals surface area contributed by atoms with Crippen LogP contribution in [0.2, 0.25) is 5.02 Å². The van der Waals surface area contributed by atoms with Crippen molar-refractivity contribution >= 4 is 23.5 Å². The van der Waals surface area contributed by atoms with Gasteiger partial charge in [-0.2, -0.15) is 0 Å². The van der Waals surface area contributed by atoms with Crippen LogP contribution in [0.15, 0.2) is 42.5 Å². The highest BCUT2D eigenvalue weighted by atomic mass is 35.5. The van der Waals surface area contributed by atoms with Gasteiger partial charge in [-0.25, -0.2) is 4.79 Å². The Labute approximate surface area is 155 Å². The molecule has 2 aliphatic rings. The molecule has 0 aliphatic carbocycles. The number of rotatable bonds is 3. The molecule has 1 N–H and O–H groups in total. The van der Waals surface area contributed by atoms with Crippen molar-refractivity contribution in [3.8, 4) is 11.5 Å². The first kappa shape index (κ1) is 16.7. The first-order valence-corrected chi connectivity index (χ1v) is 8.64. The zero-order valence-electron chi connectivity index (χ0n) is 14.1. The summed E-state index contributed by atoms with van der Waals surface area (Å²) in [4.78, 5) is 26.7. The maximum absolute atomic E-state index is 13.0. The molecule has 2 aromatic rings. The number of nitrogens with zero attached hydrogens (tertiary/aromatic N) is 1. The highest BCUT2D eigenvalue weighted by Gasteiger charge is 2.49. The number of carbonyl (C=O) groups excluding carboxylic acids is 2. The number of urea groups is 1. The van der Waals surface area contributed by atoms with Crippen LogP contribution in [0.3, 0.4) is 0 Å². The Morgan fingerprint density at radius 2 is 1.77 bits per heavy atom. The SMILES string of the molecule is CC1(c2ccc3c(c2)OCCO3)NC(=O)N(Cc2ccc(Cl)cc2)C1=O. The van der Waals surface area contributed by atoms with Crippen molar-refractivity contribution < 1.29 is 19.1 Å². The lowest BCUT2D eigenvalue weighted by Gasteiger charge is -2.25. The summed E-state index contributed by atoms with van der Waals surface area (Å²) in [5.41, 5.74) is 0.322. The first-order valence-electron chi connectivity index (χ1n) is 8.26. The van der Waals surface area contributed by atoms with E-state index in [2.05, 4.69) is 5.32 Å². The third-order valence-corrected chi connectivity index (χ3v) is 4.90. The fourth-order valence-corrected chi connectivity index (χ4v) is 3.29. The van der Waals surface area contributed by atoms with E-state index in [0.29, 0.717) is 35.3 Å². The number of ether oxygens (including phenoxy) is 2. The van der Waals surface area contributed by atoms with E-state index in [-0.39, 0.29) is 12.5 Å². The minimum atomic E-state index is -1.15. The molecule has 2 aliphatic heterocycles. The molecule has 1 fully saturated rings. The summed E-state index contributed by atoms with van der Waals surface area (Å²) in [5, 5.41) is 3.40. The van der Waals surface area contributed by atoms with Gasteiger partial charge in [-0.05, 0) is 42.3 Å². The van der Waals surface area contributed by atoms with Gasteiger partial charge in [0.25, 0.3) is 5.91 Å². The van der Waals surface area contributed by atoms with E-state index in [1.807, 2.05) is 0 Å². The minimum absolute atomic E-state index is 0.183. The lowest BCUT2D eigenvalue weighted by Crippen LogP contribution is -2.41. The third-order valence-electron chi connectivity index (χ3n) is 4.65. The summed E-state index contributed by atoms with van der Waals surface area (Å²) in [6.45, 7) is 2.83. The molecule has 0 aromatic heterocycles. The van der Waals surface area contributed by atoms with Gasteiger partial charge in [0.2, 0.25) is 0 Å². The summed E-state index contributed by atoms with van der Waals surface area (Å²) >= 11 is 5.89. The molecule has 2 heterocycles. The quantitative estimate of drug-likeness (QED) is 0.841. The Morgan fingerprint density at radius 1 is 1.08 bits per heavy atom. The third kappa shape index (κ3) is 2.76. The van der Waals surface area contributed by atoms with Gasteiger partial charge >= 0.3 is 6.03 Å². The molecule has 4 rings (SSSR count). The number of amides is 3. The number of halogens is 1. The van der Waals surface area contributed by atoms with Gasteiger partial charge in [0, 0.05) is 5.02 Å². The van der Waals surface area contributed by atoms with Crippen LogP contribution in [0, 0.1) is 0 Å². The van der Waals surface area contributed by atoms with Crippen molar-refractivity contribution in [2.24, 2.45) is 0 Å². The Hall–Kier alpha value is -2.73. The van der Waals surface area contributed by atoms with Crippen molar-refractivity contribution in [1.82, 2.24) is 10.2 Å². The van der Waals surface area contributed by atoms with E-state index in [1.54, 1.807) is 49.4 Å². The lowest BCUT2D eigenvalue weighted by molar-refractivity contribution is -0.131. The zero-order chi connectivity index (χ0) is 18.3. The fraction of sp³-hybridized carbons (Fsp3) is 0.263. The highest BCUT2D eigenvalue weighted by molar-refractivity contribution is 6.30. The maximum Gasteiger partial charge on any atom is 0.325 e. The van der Waals surface area contributed by atoms with Crippen molar-refractivity contribution in [2.45, 2.75) is 19.0 Å². The summed E-state index contributed by atoms with van der Waals surface area (Å²) in [6.07, 6.45) is 0. The summed E-state index contributed by atoms with van der Waals surface area (Å²) in [7, 11) is 0. The van der Waals surface area contributed by atoms with Crippen LogP contribution in [0.1, 0.15) is 18.1 Å². The predicted octanol–water partition coefficient (Wildman–Crippen LogP) is 3.08. The highest BCUT2D eigenvalue weighted by Crippen LogP contribution is 2.37. The second-order valence-corrected chi connectivity index (χ2v) is 6.87. The van der Waals surface area contributed by atoms with Crippen molar-refractivity contribution in [1.29, 1.82) is 0 Å². The van der Waals surface area contributed by atoms with E-state index in [1.165, 1.54) is 4.90 Å². The summed E-state index contributed by atoms with van der Waals surface area (Å²) < 4.78 is 11.1. The Kier molecular flexibility index (Phi) is 4.00. The maximum atomic E-state index is 13.0. The topological polar surface area (TPSA) is 67.9 Å². The van der Waals surface area contributed by atoms with Crippen LogP contribution >= 0.6 is 11.6 Å². The van der Waals surface area contributed by atoms with Gasteiger partial charge in [0.15, 0.2) is 11.5 Å². The molecule has 6 nitrogen and oxygen atoms in total. The van der Waals surface area contributed by atoms with Crippen LogP contribution < -0.4 is 14.8 Å². The van der Waals surface area contributed by atoms with Crippen molar-refractivity contribution in [3.63, 3.8) is 0 Å². The molecule has 26 heavy (non-hydrogen) atoms. The van der Waals surface area contributed by atoms with Crippen LogP contribution in [0.25, 0.3) is 0 Å². The van der Waals surface area contributed by atoms with E-state index in [0.717, 1.165) is 5.56 Å². The van der Waals surface area contributed by atoms with Crippen LogP contribution in [-0.2, 0) is 16.9 Å². The van der Waals surface area contributed by atoms with Gasteiger partial charge in [0.05, 0.1) is 6.54 Å². The molecule has 0 bridgehead atoms. The average molecular weight is 373 g/mol. The Morgan fingerprint density at radius 3 is 2.50 bits per heavy atom. The number of benzene rings is 2. The van der Waals surface area contributed by atoms with E-state index >= 15 is 0 Å². The molecule has 1 saturated heterocycles. The molecule has 0 radical (unpaired) electrons. The van der Waals surface area contributed by atoms with Gasteiger partial charge < -0.3 is 14.8 Å². The van der Waals surface area contributed by atoms with Crippen LogP contribution in [0.5, 0.6) is 11.5 Å². The molecule has 0 saturated carbocycles. The molecule has 7 heteroatoms. The normalized spacial score (nSPS) is 21.7. The van der Waals surface area contributed by atoms with Crippen LogP contribution in [-0.4, -0.2) is 30.1 Å². The standard InChI is InChI=1S/C19H17ClN2O4/c1-19(13-4-7-15-16(10-13)26-9-8-25-15)17(23)22(18(24)21-19)11-12-2-5-14(20)6-3-12/h2-7,10H,8-9,11H2,1H3,(H,21,24). The second-order valence-electron chi connectivity index (χ2n) is 6.43. The fourth-order valence-electron chi connectivity index (χ4n) is 3.16. The number of imide groups is 1. The van der Waals surface area contributed by atoms with Crippen molar-refractivity contribution in [2.75, 3.05) is 13.2 Å². The second kappa shape index (κ2) is 6.21.